The number of fused-ring (bicyclic) bond motifs is 3. The standard InChI is InChI=1S/C15H14N4.C14H10FN3.C13H9FN4/c1-9-6-7-10(16)8-12(9)15-18-13-5-3-2-4-11(13)14(17)19-15;15-11-4-1-9(2-5-11)10-3-6-13-12(7-10)14(16)18-8-17-13;14-9-5-3-8(4-6-9)13-17-10-2-1-7-16-11(10)12(15)18-13/h2-8H,16H2,1H3,(H2,17,18,19);1-8H,(H2,16,17,18);1-7H,(H2,15,17,18). The summed E-state index contributed by atoms with van der Waals surface area (Å²) in [6.45, 7) is 2.00. The van der Waals surface area contributed by atoms with Crippen molar-refractivity contribution in [1.29, 1.82) is 0 Å². The Labute approximate surface area is 313 Å². The first-order valence-electron chi connectivity index (χ1n) is 16.9. The molecule has 0 radical (unpaired) electrons. The van der Waals surface area contributed by atoms with Crippen LogP contribution >= 0.6 is 0 Å². The van der Waals surface area contributed by atoms with E-state index in [-0.39, 0.29) is 11.6 Å². The smallest absolute Gasteiger partial charge is 0.162 e. The van der Waals surface area contributed by atoms with Gasteiger partial charge in [0.2, 0.25) is 0 Å². The molecule has 8 N–H and O–H groups in total. The summed E-state index contributed by atoms with van der Waals surface area (Å²) in [7, 11) is 0. The van der Waals surface area contributed by atoms with Crippen LogP contribution in [0.3, 0.4) is 0 Å². The third kappa shape index (κ3) is 8.05. The zero-order valence-electron chi connectivity index (χ0n) is 29.4. The van der Waals surface area contributed by atoms with E-state index in [1.165, 1.54) is 30.6 Å². The van der Waals surface area contributed by atoms with Crippen molar-refractivity contribution >= 4 is 56.0 Å². The first kappa shape index (κ1) is 35.7. The van der Waals surface area contributed by atoms with Gasteiger partial charge in [-0.25, -0.2) is 38.7 Å². The molecule has 0 aliphatic rings. The Hall–Kier alpha value is -7.67. The highest BCUT2D eigenvalue weighted by Gasteiger charge is 2.10. The van der Waals surface area contributed by atoms with Gasteiger partial charge in [-0.05, 0) is 109 Å². The SMILES string of the molecule is Cc1ccc(N)cc1-c1nc(N)c2ccccc2n1.Nc1nc(-c2ccc(F)cc2)nc2cccnc12.Nc1ncnc2ccc(-c3ccc(F)cc3)cc12. The van der Waals surface area contributed by atoms with Crippen molar-refractivity contribution in [3.8, 4) is 33.9 Å². The van der Waals surface area contributed by atoms with E-state index in [1.807, 2.05) is 73.7 Å². The molecule has 55 heavy (non-hydrogen) atoms. The van der Waals surface area contributed by atoms with Crippen molar-refractivity contribution in [2.24, 2.45) is 0 Å². The number of rotatable bonds is 3. The van der Waals surface area contributed by atoms with Crippen molar-refractivity contribution in [2.45, 2.75) is 6.92 Å². The van der Waals surface area contributed by atoms with Crippen molar-refractivity contribution in [2.75, 3.05) is 22.9 Å². The molecular formula is C42H33F2N11. The van der Waals surface area contributed by atoms with Crippen LogP contribution in [0.1, 0.15) is 5.56 Å². The van der Waals surface area contributed by atoms with Crippen LogP contribution in [0.2, 0.25) is 0 Å². The lowest BCUT2D eigenvalue weighted by Gasteiger charge is -2.08. The molecule has 0 saturated carbocycles. The number of aromatic nitrogens is 7. The fourth-order valence-corrected chi connectivity index (χ4v) is 5.72. The van der Waals surface area contributed by atoms with Crippen LogP contribution in [-0.4, -0.2) is 34.9 Å². The number of nitrogens with zero attached hydrogens (tertiary/aromatic N) is 7. The summed E-state index contributed by atoms with van der Waals surface area (Å²) >= 11 is 0. The molecule has 9 aromatic rings. The molecule has 0 fully saturated rings. The lowest BCUT2D eigenvalue weighted by molar-refractivity contribution is 0.627. The van der Waals surface area contributed by atoms with E-state index in [2.05, 4.69) is 34.9 Å². The molecular weight excluding hydrogens is 697 g/mol. The molecule has 0 aliphatic heterocycles. The van der Waals surface area contributed by atoms with E-state index in [1.54, 1.807) is 36.5 Å². The minimum atomic E-state index is -0.297. The van der Waals surface area contributed by atoms with E-state index in [4.69, 9.17) is 22.9 Å². The van der Waals surface area contributed by atoms with E-state index in [0.29, 0.717) is 51.4 Å². The van der Waals surface area contributed by atoms with E-state index in [9.17, 15) is 8.78 Å². The third-order valence-corrected chi connectivity index (χ3v) is 8.56. The van der Waals surface area contributed by atoms with Crippen molar-refractivity contribution in [3.05, 3.63) is 151 Å². The van der Waals surface area contributed by atoms with Crippen molar-refractivity contribution < 1.29 is 8.78 Å². The van der Waals surface area contributed by atoms with Crippen LogP contribution in [0.15, 0.2) is 134 Å². The Morgan fingerprint density at radius 1 is 0.473 bits per heavy atom. The molecule has 0 atom stereocenters. The number of pyridine rings is 1. The molecule has 0 bridgehead atoms. The van der Waals surface area contributed by atoms with Crippen LogP contribution in [0.4, 0.5) is 31.9 Å². The third-order valence-electron chi connectivity index (χ3n) is 8.56. The van der Waals surface area contributed by atoms with Crippen LogP contribution < -0.4 is 22.9 Å². The predicted molar refractivity (Wildman–Crippen MR) is 215 cm³/mol. The minimum Gasteiger partial charge on any atom is -0.399 e. The van der Waals surface area contributed by atoms with Gasteiger partial charge in [-0.1, -0.05) is 36.4 Å². The quantitative estimate of drug-likeness (QED) is 0.128. The highest BCUT2D eigenvalue weighted by Crippen LogP contribution is 2.28. The Morgan fingerprint density at radius 3 is 1.89 bits per heavy atom. The fourth-order valence-electron chi connectivity index (χ4n) is 5.72. The lowest BCUT2D eigenvalue weighted by atomic mass is 10.0. The maximum Gasteiger partial charge on any atom is 0.162 e. The molecule has 0 spiro atoms. The molecule has 0 unspecified atom stereocenters. The number of benzene rings is 5. The summed E-state index contributed by atoms with van der Waals surface area (Å²) < 4.78 is 25.7. The fraction of sp³-hybridized carbons (Fsp3) is 0.0238. The number of hydrogen-bond acceptors (Lipinski definition) is 11. The zero-order valence-corrected chi connectivity index (χ0v) is 29.4. The van der Waals surface area contributed by atoms with Gasteiger partial charge in [0.05, 0.1) is 16.6 Å². The molecule has 13 heteroatoms. The van der Waals surface area contributed by atoms with Gasteiger partial charge in [-0.2, -0.15) is 0 Å². The van der Waals surface area contributed by atoms with Gasteiger partial charge in [-0.15, -0.1) is 0 Å². The molecule has 5 aromatic carbocycles. The van der Waals surface area contributed by atoms with Gasteiger partial charge in [-0.3, -0.25) is 4.98 Å². The maximum atomic E-state index is 12.9. The summed E-state index contributed by atoms with van der Waals surface area (Å²) in [6, 6.07) is 35.0. The monoisotopic (exact) mass is 729 g/mol. The number of halogens is 2. The van der Waals surface area contributed by atoms with E-state index in [0.717, 1.165) is 44.1 Å². The van der Waals surface area contributed by atoms with Gasteiger partial charge >= 0.3 is 0 Å². The largest absolute Gasteiger partial charge is 0.399 e. The molecule has 270 valence electrons. The maximum absolute atomic E-state index is 12.9. The van der Waals surface area contributed by atoms with Gasteiger partial charge in [0.15, 0.2) is 17.5 Å². The number of para-hydroxylation sites is 1. The van der Waals surface area contributed by atoms with Crippen LogP contribution in [0.25, 0.3) is 66.7 Å². The zero-order chi connectivity index (χ0) is 38.5. The van der Waals surface area contributed by atoms with Crippen LogP contribution in [0.5, 0.6) is 0 Å². The number of nitrogens with two attached hydrogens (primary N) is 4. The predicted octanol–water partition coefficient (Wildman–Crippen LogP) is 8.20. The van der Waals surface area contributed by atoms with Gasteiger partial charge in [0.25, 0.3) is 0 Å². The topological polar surface area (TPSA) is 194 Å². The summed E-state index contributed by atoms with van der Waals surface area (Å²) in [5, 5.41) is 1.67. The summed E-state index contributed by atoms with van der Waals surface area (Å²) in [6.07, 6.45) is 3.08. The average Bonchev–Trinajstić information content (AvgIpc) is 3.20. The normalized spacial score (nSPS) is 10.7. The molecule has 4 aromatic heterocycles. The first-order chi connectivity index (χ1) is 26.6. The molecule has 0 aliphatic carbocycles. The Bertz CT molecular complexity index is 2800. The first-order valence-corrected chi connectivity index (χ1v) is 16.9. The number of anilines is 4. The summed E-state index contributed by atoms with van der Waals surface area (Å²) in [4.78, 5) is 29.7. The summed E-state index contributed by atoms with van der Waals surface area (Å²) in [5.41, 5.74) is 31.7. The van der Waals surface area contributed by atoms with Crippen molar-refractivity contribution in [3.63, 3.8) is 0 Å². The highest BCUT2D eigenvalue weighted by molar-refractivity contribution is 5.92. The molecule has 4 heterocycles. The van der Waals surface area contributed by atoms with Crippen LogP contribution in [-0.2, 0) is 0 Å². The number of nitrogen functional groups attached to an aromatic ring is 4. The Balaban J connectivity index is 0.000000127. The number of hydrogen-bond donors (Lipinski definition) is 4. The van der Waals surface area contributed by atoms with Gasteiger partial charge < -0.3 is 22.9 Å². The lowest BCUT2D eigenvalue weighted by Crippen LogP contribution is -1.99. The molecule has 9 rings (SSSR count). The second-order valence-electron chi connectivity index (χ2n) is 12.3. The second kappa shape index (κ2) is 15.5. The molecule has 0 saturated heterocycles. The van der Waals surface area contributed by atoms with E-state index < -0.39 is 0 Å². The average molecular weight is 730 g/mol. The Kier molecular flexibility index (Phi) is 10.1. The van der Waals surface area contributed by atoms with E-state index >= 15 is 0 Å². The Morgan fingerprint density at radius 2 is 1.13 bits per heavy atom. The molecule has 11 nitrogen and oxygen atoms in total. The van der Waals surface area contributed by atoms with Gasteiger partial charge in [0, 0.05) is 33.8 Å². The van der Waals surface area contributed by atoms with Crippen LogP contribution in [0, 0.1) is 18.6 Å². The minimum absolute atomic E-state index is 0.248. The molecule has 0 amide bonds. The number of aryl methyl sites for hydroxylation is 1. The highest BCUT2D eigenvalue weighted by atomic mass is 19.1. The van der Waals surface area contributed by atoms with Gasteiger partial charge in [0.1, 0.15) is 35.1 Å². The second-order valence-corrected chi connectivity index (χ2v) is 12.3. The summed E-state index contributed by atoms with van der Waals surface area (Å²) in [5.74, 6) is 1.79. The van der Waals surface area contributed by atoms with Crippen molar-refractivity contribution in [1.82, 2.24) is 34.9 Å².